The van der Waals surface area contributed by atoms with Crippen LogP contribution in [0.2, 0.25) is 0 Å². The predicted octanol–water partition coefficient (Wildman–Crippen LogP) is 2.41. The monoisotopic (exact) mass is 483 g/mol. The lowest BCUT2D eigenvalue weighted by atomic mass is 10.0. The number of hydrogen-bond acceptors (Lipinski definition) is 5. The van der Waals surface area contributed by atoms with Gasteiger partial charge in [-0.05, 0) is 36.0 Å². The number of rotatable bonds is 8. The highest BCUT2D eigenvalue weighted by Gasteiger charge is 2.44. The van der Waals surface area contributed by atoms with E-state index >= 15 is 0 Å². The van der Waals surface area contributed by atoms with Crippen molar-refractivity contribution < 1.29 is 28.6 Å². The fourth-order valence-corrected chi connectivity index (χ4v) is 4.74. The van der Waals surface area contributed by atoms with Gasteiger partial charge in [-0.15, -0.1) is 0 Å². The Kier molecular flexibility index (Phi) is 7.65. The van der Waals surface area contributed by atoms with Crippen LogP contribution in [0, 0.1) is 0 Å². The lowest BCUT2D eigenvalue weighted by Gasteiger charge is -2.29. The van der Waals surface area contributed by atoms with Crippen LogP contribution in [0.3, 0.4) is 0 Å². The number of alkyl halides is 1. The van der Waals surface area contributed by atoms with Gasteiger partial charge in [0.25, 0.3) is 0 Å². The molecule has 4 rings (SSSR count). The number of para-hydroxylation sites is 1. The minimum absolute atomic E-state index is 0.0714. The second kappa shape index (κ2) is 10.9. The zero-order valence-electron chi connectivity index (χ0n) is 19.6. The molecule has 3 amide bonds. The molecule has 0 fully saturated rings. The largest absolute Gasteiger partial charge is 0.445 e. The van der Waals surface area contributed by atoms with Gasteiger partial charge in [0.2, 0.25) is 11.8 Å². The van der Waals surface area contributed by atoms with Gasteiger partial charge in [0.15, 0.2) is 0 Å². The molecule has 9 heteroatoms. The van der Waals surface area contributed by atoms with Crippen molar-refractivity contribution in [2.24, 2.45) is 0 Å². The van der Waals surface area contributed by atoms with Crippen LogP contribution in [-0.2, 0) is 33.8 Å². The number of aliphatic hydroxyl groups excluding tert-OH is 1. The molecule has 8 nitrogen and oxygen atoms in total. The molecule has 186 valence electrons. The quantitative estimate of drug-likeness (QED) is 0.535. The Bertz CT molecular complexity index is 1080. The number of aryl methyl sites for hydroxylation is 1. The smallest absolute Gasteiger partial charge is 0.408 e. The number of carbonyl (C=O) groups excluding carboxylic acids is 3. The van der Waals surface area contributed by atoms with Crippen molar-refractivity contribution in [3.05, 3.63) is 65.2 Å². The molecule has 35 heavy (non-hydrogen) atoms. The maximum absolute atomic E-state index is 13.6. The Morgan fingerprint density at radius 3 is 2.63 bits per heavy atom. The van der Waals surface area contributed by atoms with Crippen LogP contribution in [0.5, 0.6) is 0 Å². The summed E-state index contributed by atoms with van der Waals surface area (Å²) in [5, 5.41) is 15.3. The number of aliphatic hydroxyl groups is 1. The second-order valence-corrected chi connectivity index (χ2v) is 8.90. The number of halogens is 1. The van der Waals surface area contributed by atoms with E-state index in [1.54, 1.807) is 6.92 Å². The molecule has 0 saturated heterocycles. The molecular weight excluding hydrogens is 453 g/mol. The molecule has 2 aliphatic heterocycles. The molecule has 4 atom stereocenters. The fourth-order valence-electron chi connectivity index (χ4n) is 4.74. The number of anilines is 1. The molecule has 0 spiro atoms. The Labute approximate surface area is 203 Å². The first kappa shape index (κ1) is 24.7. The first-order chi connectivity index (χ1) is 16.9. The maximum atomic E-state index is 13.6. The fraction of sp³-hybridized carbons (Fsp3) is 0.423. The Morgan fingerprint density at radius 2 is 1.91 bits per heavy atom. The van der Waals surface area contributed by atoms with Crippen LogP contribution >= 0.6 is 0 Å². The van der Waals surface area contributed by atoms with Gasteiger partial charge in [-0.3, -0.25) is 14.5 Å². The molecular formula is C26H30FN3O5. The topological polar surface area (TPSA) is 108 Å². The first-order valence-corrected chi connectivity index (χ1v) is 11.9. The third-order valence-electron chi connectivity index (χ3n) is 6.60. The van der Waals surface area contributed by atoms with Gasteiger partial charge in [-0.25, -0.2) is 9.18 Å². The summed E-state index contributed by atoms with van der Waals surface area (Å²) < 4.78 is 18.3. The van der Waals surface area contributed by atoms with E-state index in [9.17, 15) is 23.9 Å². The Hall–Kier alpha value is -3.46. The van der Waals surface area contributed by atoms with Crippen LogP contribution in [0.25, 0.3) is 0 Å². The minimum Gasteiger partial charge on any atom is -0.445 e. The van der Waals surface area contributed by atoms with Gasteiger partial charge in [-0.1, -0.05) is 55.5 Å². The molecule has 0 aliphatic carbocycles. The van der Waals surface area contributed by atoms with E-state index in [0.717, 1.165) is 16.7 Å². The SMILES string of the molecule is CCC(NC(=O)[C@@H]1Cc2cccc3c2N1C(=O)[C@@H](NC(=O)OCc1ccccc1)CC3)C(O)CF. The third kappa shape index (κ3) is 5.30. The molecule has 2 aromatic rings. The number of nitrogens with one attached hydrogen (secondary N) is 2. The average Bonchev–Trinajstić information content (AvgIpc) is 3.22. The highest BCUT2D eigenvalue weighted by Crippen LogP contribution is 2.39. The van der Waals surface area contributed by atoms with Crippen LogP contribution < -0.4 is 15.5 Å². The van der Waals surface area contributed by atoms with Crippen molar-refractivity contribution >= 4 is 23.6 Å². The highest BCUT2D eigenvalue weighted by molar-refractivity contribution is 6.07. The molecule has 2 heterocycles. The summed E-state index contributed by atoms with van der Waals surface area (Å²) in [5.41, 5.74) is 3.30. The number of amides is 3. The van der Waals surface area contributed by atoms with Crippen LogP contribution in [-0.4, -0.2) is 53.9 Å². The minimum atomic E-state index is -1.32. The van der Waals surface area contributed by atoms with Crippen LogP contribution in [0.1, 0.15) is 36.5 Å². The molecule has 0 aromatic heterocycles. The second-order valence-electron chi connectivity index (χ2n) is 8.90. The molecule has 2 aromatic carbocycles. The molecule has 0 saturated carbocycles. The number of ether oxygens (including phenoxy) is 1. The molecule has 2 unspecified atom stereocenters. The van der Waals surface area contributed by atoms with Crippen molar-refractivity contribution in [3.8, 4) is 0 Å². The van der Waals surface area contributed by atoms with E-state index in [2.05, 4.69) is 10.6 Å². The highest BCUT2D eigenvalue weighted by atomic mass is 19.1. The summed E-state index contributed by atoms with van der Waals surface area (Å²) in [6, 6.07) is 12.4. The summed E-state index contributed by atoms with van der Waals surface area (Å²) in [6.07, 6.45) is -0.492. The normalized spacial score (nSPS) is 20.4. The average molecular weight is 484 g/mol. The van der Waals surface area contributed by atoms with Crippen molar-refractivity contribution in [2.75, 3.05) is 11.6 Å². The van der Waals surface area contributed by atoms with E-state index in [1.165, 1.54) is 4.90 Å². The van der Waals surface area contributed by atoms with Gasteiger partial charge in [0, 0.05) is 6.42 Å². The van der Waals surface area contributed by atoms with Crippen molar-refractivity contribution in [1.82, 2.24) is 10.6 Å². The summed E-state index contributed by atoms with van der Waals surface area (Å²) in [7, 11) is 0. The van der Waals surface area contributed by atoms with E-state index in [1.807, 2.05) is 48.5 Å². The van der Waals surface area contributed by atoms with E-state index in [0.29, 0.717) is 31.4 Å². The number of benzene rings is 2. The summed E-state index contributed by atoms with van der Waals surface area (Å²) >= 11 is 0. The zero-order valence-corrected chi connectivity index (χ0v) is 19.6. The predicted molar refractivity (Wildman–Crippen MR) is 127 cm³/mol. The van der Waals surface area contributed by atoms with Gasteiger partial charge in [0.05, 0.1) is 11.7 Å². The van der Waals surface area contributed by atoms with Crippen molar-refractivity contribution in [2.45, 2.75) is 63.4 Å². The van der Waals surface area contributed by atoms with Gasteiger partial charge < -0.3 is 20.5 Å². The third-order valence-corrected chi connectivity index (χ3v) is 6.60. The number of alkyl carbamates (subject to hydrolysis) is 1. The number of hydrogen-bond donors (Lipinski definition) is 3. The lowest BCUT2D eigenvalue weighted by molar-refractivity contribution is -0.128. The number of nitrogens with zero attached hydrogens (tertiary/aromatic N) is 1. The van der Waals surface area contributed by atoms with Gasteiger partial charge >= 0.3 is 6.09 Å². The molecule has 0 radical (unpaired) electrons. The van der Waals surface area contributed by atoms with Gasteiger partial charge in [-0.2, -0.15) is 0 Å². The van der Waals surface area contributed by atoms with E-state index < -0.39 is 48.8 Å². The zero-order chi connectivity index (χ0) is 24.9. The van der Waals surface area contributed by atoms with Crippen molar-refractivity contribution in [3.63, 3.8) is 0 Å². The summed E-state index contributed by atoms with van der Waals surface area (Å²) in [5.74, 6) is -0.864. The van der Waals surface area contributed by atoms with E-state index in [4.69, 9.17) is 4.74 Å². The lowest BCUT2D eigenvalue weighted by Crippen LogP contribution is -2.56. The standard InChI is InChI=1S/C26H30FN3O5/c1-2-19(22(31)14-27)28-24(32)21-13-18-10-6-9-17-11-12-20(25(33)30(21)23(17)18)29-26(34)35-15-16-7-4-3-5-8-16/h3-10,19-22,31H,2,11-15H2,1H3,(H,28,32)(H,29,34)/t19?,20-,21-,22?/m0/s1. The van der Waals surface area contributed by atoms with E-state index in [-0.39, 0.29) is 6.61 Å². The first-order valence-electron chi connectivity index (χ1n) is 11.9. The van der Waals surface area contributed by atoms with Gasteiger partial charge in [0.1, 0.15) is 31.5 Å². The summed E-state index contributed by atoms with van der Waals surface area (Å²) in [6.45, 7) is 0.832. The number of carbonyl (C=O) groups is 3. The molecule has 2 aliphatic rings. The van der Waals surface area contributed by atoms with Crippen LogP contribution in [0.4, 0.5) is 14.9 Å². The molecule has 3 N–H and O–H groups in total. The van der Waals surface area contributed by atoms with Crippen molar-refractivity contribution in [1.29, 1.82) is 0 Å². The summed E-state index contributed by atoms with van der Waals surface area (Å²) in [4.78, 5) is 40.7. The maximum Gasteiger partial charge on any atom is 0.408 e. The van der Waals surface area contributed by atoms with Crippen LogP contribution in [0.15, 0.2) is 48.5 Å². The Balaban J connectivity index is 1.51. The molecule has 0 bridgehead atoms. The Morgan fingerprint density at radius 1 is 1.17 bits per heavy atom.